The van der Waals surface area contributed by atoms with Gasteiger partial charge in [0.05, 0.1) is 17.7 Å². The molecule has 0 bridgehead atoms. The minimum atomic E-state index is -0.621. The fourth-order valence-corrected chi connectivity index (χ4v) is 2.74. The molecule has 25 heavy (non-hydrogen) atoms. The molecule has 3 rings (SSSR count). The van der Waals surface area contributed by atoms with Gasteiger partial charge in [-0.25, -0.2) is 4.79 Å². The highest BCUT2D eigenvalue weighted by atomic mass is 35.5. The average Bonchev–Trinajstić information content (AvgIpc) is 2.84. The molecular weight excluding hydrogens is 344 g/mol. The summed E-state index contributed by atoms with van der Waals surface area (Å²) in [4.78, 5) is 37.2. The van der Waals surface area contributed by atoms with Gasteiger partial charge in [0, 0.05) is 17.3 Å². The molecule has 0 aromatic heterocycles. The van der Waals surface area contributed by atoms with Gasteiger partial charge < -0.3 is 4.74 Å². The Balaban J connectivity index is 1.45. The molecule has 2 aromatic carbocycles. The van der Waals surface area contributed by atoms with E-state index in [1.807, 2.05) is 0 Å². The Kier molecular flexibility index (Phi) is 5.00. The van der Waals surface area contributed by atoms with Gasteiger partial charge in [0.1, 0.15) is 0 Å². The highest BCUT2D eigenvalue weighted by molar-refractivity contribution is 6.30. The van der Waals surface area contributed by atoms with Crippen molar-refractivity contribution in [2.75, 3.05) is 18.5 Å². The average molecular weight is 359 g/mol. The first-order valence-corrected chi connectivity index (χ1v) is 8.08. The fourth-order valence-electron chi connectivity index (χ4n) is 2.55. The third kappa shape index (κ3) is 3.80. The molecule has 1 heterocycles. The number of anilines is 1. The zero-order chi connectivity index (χ0) is 17.8. The number of fused-ring (bicyclic) bond motifs is 1. The van der Waals surface area contributed by atoms with E-state index in [2.05, 4.69) is 5.32 Å². The summed E-state index contributed by atoms with van der Waals surface area (Å²) in [7, 11) is 0. The molecule has 2 aromatic rings. The van der Waals surface area contributed by atoms with Gasteiger partial charge in [0.25, 0.3) is 11.8 Å². The number of ether oxygens (including phenoxy) is 1. The van der Waals surface area contributed by atoms with Gasteiger partial charge in [-0.3, -0.25) is 19.8 Å². The molecule has 1 aliphatic rings. The number of nitrogens with one attached hydrogen (secondary N) is 1. The van der Waals surface area contributed by atoms with Crippen LogP contribution in [0.15, 0.2) is 48.5 Å². The van der Waals surface area contributed by atoms with Crippen LogP contribution in [0.5, 0.6) is 0 Å². The molecule has 0 aliphatic carbocycles. The molecule has 1 aliphatic heterocycles. The largest absolute Gasteiger partial charge is 0.449 e. The van der Waals surface area contributed by atoms with E-state index >= 15 is 0 Å². The molecule has 0 radical (unpaired) electrons. The standard InChI is InChI=1S/C18H15ClN2O4/c19-12-5-3-6-13(11-12)20-18(24)25-10-4-9-21-16(22)14-7-1-2-8-15(14)17(21)23/h1-3,5-8,11H,4,9-10H2,(H,20,24). The number of imide groups is 1. The molecule has 128 valence electrons. The minimum absolute atomic E-state index is 0.0831. The number of carbonyl (C=O) groups is 3. The molecule has 1 N–H and O–H groups in total. The molecular formula is C18H15ClN2O4. The third-order valence-corrected chi connectivity index (χ3v) is 3.94. The molecule has 0 spiro atoms. The summed E-state index contributed by atoms with van der Waals surface area (Å²) in [6, 6.07) is 13.4. The zero-order valence-electron chi connectivity index (χ0n) is 13.2. The summed E-state index contributed by atoms with van der Waals surface area (Å²) in [5.41, 5.74) is 1.34. The summed E-state index contributed by atoms with van der Waals surface area (Å²) < 4.78 is 5.05. The van der Waals surface area contributed by atoms with Gasteiger partial charge in [0.2, 0.25) is 0 Å². The lowest BCUT2D eigenvalue weighted by molar-refractivity contribution is 0.0643. The second-order valence-electron chi connectivity index (χ2n) is 5.43. The smallest absolute Gasteiger partial charge is 0.411 e. The van der Waals surface area contributed by atoms with Crippen LogP contribution in [0.3, 0.4) is 0 Å². The minimum Gasteiger partial charge on any atom is -0.449 e. The molecule has 7 heteroatoms. The molecule has 0 saturated heterocycles. The Bertz CT molecular complexity index is 802. The first kappa shape index (κ1) is 17.0. The first-order chi connectivity index (χ1) is 12.1. The van der Waals surface area contributed by atoms with Gasteiger partial charge >= 0.3 is 6.09 Å². The molecule has 0 unspecified atom stereocenters. The van der Waals surface area contributed by atoms with Crippen molar-refractivity contribution >= 4 is 35.2 Å². The Morgan fingerprint density at radius 1 is 1.04 bits per heavy atom. The van der Waals surface area contributed by atoms with Gasteiger partial charge in [0.15, 0.2) is 0 Å². The van der Waals surface area contributed by atoms with Crippen LogP contribution in [0, 0.1) is 0 Å². The van der Waals surface area contributed by atoms with Crippen molar-refractivity contribution in [3.8, 4) is 0 Å². The fraction of sp³-hybridized carbons (Fsp3) is 0.167. The van der Waals surface area contributed by atoms with Crippen molar-refractivity contribution < 1.29 is 19.1 Å². The number of benzene rings is 2. The van der Waals surface area contributed by atoms with Crippen LogP contribution in [-0.4, -0.2) is 36.0 Å². The van der Waals surface area contributed by atoms with Crippen molar-refractivity contribution in [3.05, 3.63) is 64.7 Å². The highest BCUT2D eigenvalue weighted by Gasteiger charge is 2.34. The van der Waals surface area contributed by atoms with Gasteiger partial charge in [-0.2, -0.15) is 0 Å². The molecule has 0 fully saturated rings. The van der Waals surface area contributed by atoms with Crippen molar-refractivity contribution in [3.63, 3.8) is 0 Å². The summed E-state index contributed by atoms with van der Waals surface area (Å²) >= 11 is 5.83. The van der Waals surface area contributed by atoms with Gasteiger partial charge in [-0.15, -0.1) is 0 Å². The lowest BCUT2D eigenvalue weighted by atomic mass is 10.1. The Hall–Kier alpha value is -2.86. The van der Waals surface area contributed by atoms with E-state index in [0.29, 0.717) is 28.3 Å². The maximum absolute atomic E-state index is 12.2. The van der Waals surface area contributed by atoms with E-state index in [0.717, 1.165) is 0 Å². The predicted molar refractivity (Wildman–Crippen MR) is 92.8 cm³/mol. The predicted octanol–water partition coefficient (Wildman–Crippen LogP) is 3.57. The Labute approximate surface area is 149 Å². The van der Waals surface area contributed by atoms with Crippen LogP contribution >= 0.6 is 11.6 Å². The number of hydrogen-bond acceptors (Lipinski definition) is 4. The quantitative estimate of drug-likeness (QED) is 0.654. The monoisotopic (exact) mass is 358 g/mol. The Morgan fingerprint density at radius 3 is 2.36 bits per heavy atom. The lowest BCUT2D eigenvalue weighted by Crippen LogP contribution is -2.31. The van der Waals surface area contributed by atoms with E-state index in [4.69, 9.17) is 16.3 Å². The highest BCUT2D eigenvalue weighted by Crippen LogP contribution is 2.22. The summed E-state index contributed by atoms with van der Waals surface area (Å²) in [5.74, 6) is -0.632. The van der Waals surface area contributed by atoms with Crippen molar-refractivity contribution in [1.29, 1.82) is 0 Å². The SMILES string of the molecule is O=C(Nc1cccc(Cl)c1)OCCCN1C(=O)c2ccccc2C1=O. The van der Waals surface area contributed by atoms with E-state index < -0.39 is 6.09 Å². The van der Waals surface area contributed by atoms with Gasteiger partial charge in [-0.1, -0.05) is 29.8 Å². The van der Waals surface area contributed by atoms with Crippen LogP contribution < -0.4 is 5.32 Å². The van der Waals surface area contributed by atoms with E-state index in [-0.39, 0.29) is 25.0 Å². The number of amides is 3. The lowest BCUT2D eigenvalue weighted by Gasteiger charge is -2.13. The topological polar surface area (TPSA) is 75.7 Å². The second kappa shape index (κ2) is 7.36. The van der Waals surface area contributed by atoms with Crippen molar-refractivity contribution in [1.82, 2.24) is 4.90 Å². The summed E-state index contributed by atoms with van der Waals surface area (Å²) in [6.45, 7) is 0.274. The molecule has 0 atom stereocenters. The van der Waals surface area contributed by atoms with Crippen LogP contribution in [0.4, 0.5) is 10.5 Å². The summed E-state index contributed by atoms with van der Waals surface area (Å²) in [6.07, 6.45) is -0.265. The number of rotatable bonds is 5. The molecule has 0 saturated carbocycles. The maximum atomic E-state index is 12.2. The first-order valence-electron chi connectivity index (χ1n) is 7.71. The van der Waals surface area contributed by atoms with E-state index in [1.165, 1.54) is 4.90 Å². The van der Waals surface area contributed by atoms with Crippen molar-refractivity contribution in [2.45, 2.75) is 6.42 Å². The number of hydrogen-bond donors (Lipinski definition) is 1. The molecule has 6 nitrogen and oxygen atoms in total. The number of nitrogens with zero attached hydrogens (tertiary/aromatic N) is 1. The number of halogens is 1. The summed E-state index contributed by atoms with van der Waals surface area (Å²) in [5, 5.41) is 3.05. The third-order valence-electron chi connectivity index (χ3n) is 3.71. The maximum Gasteiger partial charge on any atom is 0.411 e. The normalized spacial score (nSPS) is 12.9. The number of carbonyl (C=O) groups excluding carboxylic acids is 3. The van der Waals surface area contributed by atoms with Crippen LogP contribution in [-0.2, 0) is 4.74 Å². The Morgan fingerprint density at radius 2 is 1.72 bits per heavy atom. The van der Waals surface area contributed by atoms with E-state index in [9.17, 15) is 14.4 Å². The van der Waals surface area contributed by atoms with Gasteiger partial charge in [-0.05, 0) is 36.8 Å². The molecule has 3 amide bonds. The van der Waals surface area contributed by atoms with Crippen molar-refractivity contribution in [2.24, 2.45) is 0 Å². The van der Waals surface area contributed by atoms with Crippen LogP contribution in [0.1, 0.15) is 27.1 Å². The van der Waals surface area contributed by atoms with E-state index in [1.54, 1.807) is 48.5 Å². The van der Waals surface area contributed by atoms with Crippen LogP contribution in [0.25, 0.3) is 0 Å². The van der Waals surface area contributed by atoms with Crippen LogP contribution in [0.2, 0.25) is 5.02 Å². The second-order valence-corrected chi connectivity index (χ2v) is 5.87. The zero-order valence-corrected chi connectivity index (χ0v) is 14.0.